The first-order valence-corrected chi connectivity index (χ1v) is 4.06. The van der Waals surface area contributed by atoms with Crippen LogP contribution in [0.25, 0.3) is 0 Å². The second-order valence-corrected chi connectivity index (χ2v) is 2.60. The molecule has 0 saturated carbocycles. The number of carbonyl (C=O) groups excluding carboxylic acids is 1. The second-order valence-electron chi connectivity index (χ2n) is 2.60. The molecule has 3 N–H and O–H groups in total. The van der Waals surface area contributed by atoms with Gasteiger partial charge >= 0.3 is 6.03 Å². The number of urea groups is 1. The summed E-state index contributed by atoms with van der Waals surface area (Å²) in [5.41, 5.74) is 7.19. The molecule has 15 heavy (non-hydrogen) atoms. The lowest BCUT2D eigenvalue weighted by atomic mass is 10.2. The Hall–Kier alpha value is -2.11. The van der Waals surface area contributed by atoms with Crippen molar-refractivity contribution in [1.29, 1.82) is 0 Å². The topological polar surface area (TPSA) is 76.7 Å². The number of halogens is 1. The van der Waals surface area contributed by atoms with Crippen LogP contribution >= 0.6 is 0 Å². The van der Waals surface area contributed by atoms with E-state index in [1.807, 2.05) is 5.43 Å². The second kappa shape index (κ2) is 4.94. The van der Waals surface area contributed by atoms with Crippen LogP contribution in [0.15, 0.2) is 23.3 Å². The van der Waals surface area contributed by atoms with Gasteiger partial charge < -0.3 is 10.5 Å². The first-order chi connectivity index (χ1) is 7.15. The van der Waals surface area contributed by atoms with Crippen LogP contribution in [0.5, 0.6) is 5.75 Å². The van der Waals surface area contributed by atoms with Crippen LogP contribution in [0, 0.1) is 5.82 Å². The molecule has 1 rings (SSSR count). The molecule has 6 heteroatoms. The Balaban J connectivity index is 2.89. The number of amides is 2. The average molecular weight is 211 g/mol. The fraction of sp³-hybridized carbons (Fsp3) is 0.111. The molecule has 0 aliphatic carbocycles. The number of benzene rings is 1. The molecule has 0 saturated heterocycles. The van der Waals surface area contributed by atoms with E-state index in [9.17, 15) is 9.18 Å². The first-order valence-electron chi connectivity index (χ1n) is 4.06. The monoisotopic (exact) mass is 211 g/mol. The Kier molecular flexibility index (Phi) is 3.61. The van der Waals surface area contributed by atoms with Crippen molar-refractivity contribution in [2.24, 2.45) is 10.8 Å². The van der Waals surface area contributed by atoms with Crippen LogP contribution in [-0.4, -0.2) is 19.4 Å². The third kappa shape index (κ3) is 2.94. The van der Waals surface area contributed by atoms with E-state index in [2.05, 4.69) is 5.10 Å². The van der Waals surface area contributed by atoms with E-state index >= 15 is 0 Å². The molecule has 0 aromatic heterocycles. The van der Waals surface area contributed by atoms with Gasteiger partial charge in [-0.25, -0.2) is 14.6 Å². The first kappa shape index (κ1) is 11.0. The molecule has 80 valence electrons. The van der Waals surface area contributed by atoms with Crippen LogP contribution in [0.3, 0.4) is 0 Å². The molecule has 0 aliphatic rings. The van der Waals surface area contributed by atoms with Gasteiger partial charge in [0.25, 0.3) is 0 Å². The Morgan fingerprint density at radius 2 is 2.40 bits per heavy atom. The summed E-state index contributed by atoms with van der Waals surface area (Å²) in [5.74, 6) is -0.437. The smallest absolute Gasteiger partial charge is 0.332 e. The highest BCUT2D eigenvalue weighted by atomic mass is 19.1. The molecule has 5 nitrogen and oxygen atoms in total. The zero-order valence-electron chi connectivity index (χ0n) is 8.03. The van der Waals surface area contributed by atoms with Crippen molar-refractivity contribution in [2.45, 2.75) is 0 Å². The molecule has 0 atom stereocenters. The number of nitrogens with one attached hydrogen (secondary N) is 1. The molecule has 0 heterocycles. The zero-order chi connectivity index (χ0) is 11.3. The number of carbonyl (C=O) groups is 1. The SMILES string of the molecule is COc1c(F)cccc1C=NNC(N)=O. The van der Waals surface area contributed by atoms with Gasteiger partial charge in [0.2, 0.25) is 0 Å². The largest absolute Gasteiger partial charge is 0.493 e. The number of hydrazone groups is 1. The van der Waals surface area contributed by atoms with Gasteiger partial charge in [-0.1, -0.05) is 6.07 Å². The summed E-state index contributed by atoms with van der Waals surface area (Å²) in [7, 11) is 1.34. The lowest BCUT2D eigenvalue weighted by molar-refractivity contribution is 0.249. The van der Waals surface area contributed by atoms with E-state index in [1.54, 1.807) is 6.07 Å². The lowest BCUT2D eigenvalue weighted by Gasteiger charge is -2.04. The minimum absolute atomic E-state index is 0.0625. The van der Waals surface area contributed by atoms with E-state index in [0.29, 0.717) is 5.56 Å². The van der Waals surface area contributed by atoms with Crippen molar-refractivity contribution in [3.8, 4) is 5.75 Å². The van der Waals surface area contributed by atoms with Gasteiger partial charge in [0, 0.05) is 5.56 Å². The molecule has 2 amide bonds. The van der Waals surface area contributed by atoms with Gasteiger partial charge in [-0.3, -0.25) is 0 Å². The minimum atomic E-state index is -0.790. The predicted molar refractivity (Wildman–Crippen MR) is 53.3 cm³/mol. The number of nitrogens with zero attached hydrogens (tertiary/aromatic N) is 1. The number of ether oxygens (including phenoxy) is 1. The highest BCUT2D eigenvalue weighted by Crippen LogP contribution is 2.20. The molecular formula is C9H10FN3O2. The number of rotatable bonds is 3. The van der Waals surface area contributed by atoms with Gasteiger partial charge in [-0.05, 0) is 12.1 Å². The van der Waals surface area contributed by atoms with E-state index in [1.165, 1.54) is 25.5 Å². The fourth-order valence-corrected chi connectivity index (χ4v) is 1.01. The number of methoxy groups -OCH3 is 1. The van der Waals surface area contributed by atoms with Gasteiger partial charge in [0.05, 0.1) is 13.3 Å². The number of hydrogen-bond acceptors (Lipinski definition) is 3. The van der Waals surface area contributed by atoms with Gasteiger partial charge in [0.15, 0.2) is 11.6 Å². The molecule has 1 aromatic rings. The van der Waals surface area contributed by atoms with Crippen LogP contribution in [0.2, 0.25) is 0 Å². The summed E-state index contributed by atoms with van der Waals surface area (Å²) < 4.78 is 18.0. The summed E-state index contributed by atoms with van der Waals surface area (Å²) in [4.78, 5) is 10.3. The molecule has 0 spiro atoms. The van der Waals surface area contributed by atoms with E-state index in [4.69, 9.17) is 10.5 Å². The van der Waals surface area contributed by atoms with Crippen molar-refractivity contribution < 1.29 is 13.9 Å². The zero-order valence-corrected chi connectivity index (χ0v) is 8.03. The maximum Gasteiger partial charge on any atom is 0.332 e. The number of para-hydroxylation sites is 1. The lowest BCUT2D eigenvalue weighted by Crippen LogP contribution is -2.24. The number of primary amides is 1. The Morgan fingerprint density at radius 3 is 3.00 bits per heavy atom. The van der Waals surface area contributed by atoms with Gasteiger partial charge in [-0.15, -0.1) is 0 Å². The van der Waals surface area contributed by atoms with E-state index in [-0.39, 0.29) is 5.75 Å². The summed E-state index contributed by atoms with van der Waals surface area (Å²) in [6.45, 7) is 0. The number of hydrogen-bond donors (Lipinski definition) is 2. The summed E-state index contributed by atoms with van der Waals surface area (Å²) >= 11 is 0. The molecular weight excluding hydrogens is 201 g/mol. The number of nitrogens with two attached hydrogens (primary N) is 1. The standard InChI is InChI=1S/C9H10FN3O2/c1-15-8-6(3-2-4-7(8)10)5-12-13-9(11)14/h2-5H,1H3,(H3,11,13,14). The Morgan fingerprint density at radius 1 is 1.67 bits per heavy atom. The summed E-state index contributed by atoms with van der Waals surface area (Å²) in [6, 6.07) is 3.57. The average Bonchev–Trinajstić information content (AvgIpc) is 2.17. The van der Waals surface area contributed by atoms with Gasteiger partial charge in [-0.2, -0.15) is 5.10 Å². The maximum atomic E-state index is 13.1. The van der Waals surface area contributed by atoms with E-state index < -0.39 is 11.8 Å². The van der Waals surface area contributed by atoms with Crippen LogP contribution in [0.1, 0.15) is 5.56 Å². The quantitative estimate of drug-likeness (QED) is 0.574. The highest BCUT2D eigenvalue weighted by molar-refractivity contribution is 5.84. The summed E-state index contributed by atoms with van der Waals surface area (Å²) in [6.07, 6.45) is 1.24. The predicted octanol–water partition coefficient (Wildman–Crippen LogP) is 0.837. The molecule has 0 unspecified atom stereocenters. The van der Waals surface area contributed by atoms with Gasteiger partial charge in [0.1, 0.15) is 0 Å². The van der Waals surface area contributed by atoms with Crippen molar-refractivity contribution in [3.63, 3.8) is 0 Å². The fourth-order valence-electron chi connectivity index (χ4n) is 1.01. The normalized spacial score (nSPS) is 10.3. The van der Waals surface area contributed by atoms with Crippen LogP contribution in [0.4, 0.5) is 9.18 Å². The van der Waals surface area contributed by atoms with Crippen molar-refractivity contribution in [3.05, 3.63) is 29.6 Å². The Labute approximate surface area is 85.7 Å². The van der Waals surface area contributed by atoms with Crippen LogP contribution < -0.4 is 15.9 Å². The van der Waals surface area contributed by atoms with Crippen molar-refractivity contribution in [1.82, 2.24) is 5.43 Å². The minimum Gasteiger partial charge on any atom is -0.493 e. The van der Waals surface area contributed by atoms with Crippen molar-refractivity contribution >= 4 is 12.2 Å². The van der Waals surface area contributed by atoms with E-state index in [0.717, 1.165) is 0 Å². The molecule has 0 fully saturated rings. The molecule has 0 bridgehead atoms. The summed E-state index contributed by atoms with van der Waals surface area (Å²) in [5, 5.41) is 3.49. The molecule has 0 aliphatic heterocycles. The van der Waals surface area contributed by atoms with Crippen molar-refractivity contribution in [2.75, 3.05) is 7.11 Å². The third-order valence-corrected chi connectivity index (χ3v) is 1.58. The Bertz CT molecular complexity index is 393. The third-order valence-electron chi connectivity index (χ3n) is 1.58. The molecule has 0 radical (unpaired) electrons. The maximum absolute atomic E-state index is 13.1. The molecule has 1 aromatic carbocycles. The highest BCUT2D eigenvalue weighted by Gasteiger charge is 2.05. The van der Waals surface area contributed by atoms with Crippen LogP contribution in [-0.2, 0) is 0 Å².